The second-order valence-corrected chi connectivity index (χ2v) is 7.84. The van der Waals surface area contributed by atoms with Crippen molar-refractivity contribution in [1.82, 2.24) is 5.32 Å². The van der Waals surface area contributed by atoms with Crippen LogP contribution in [-0.4, -0.2) is 31.0 Å². The van der Waals surface area contributed by atoms with Crippen LogP contribution in [0, 0.1) is 5.92 Å². The Labute approximate surface area is 165 Å². The Hall–Kier alpha value is -2.82. The zero-order valence-electron chi connectivity index (χ0n) is 16.4. The maximum Gasteiger partial charge on any atom is 0.251 e. The van der Waals surface area contributed by atoms with E-state index in [1.165, 1.54) is 0 Å². The van der Waals surface area contributed by atoms with Gasteiger partial charge in [0.25, 0.3) is 5.91 Å². The Morgan fingerprint density at radius 1 is 1.14 bits per heavy atom. The van der Waals surface area contributed by atoms with Crippen LogP contribution < -0.4 is 15.0 Å². The molecule has 0 aromatic heterocycles. The van der Waals surface area contributed by atoms with E-state index < -0.39 is 0 Å². The first-order valence-electron chi connectivity index (χ1n) is 9.99. The molecule has 1 N–H and O–H groups in total. The quantitative estimate of drug-likeness (QED) is 0.891. The number of amides is 2. The summed E-state index contributed by atoms with van der Waals surface area (Å²) in [6.07, 6.45) is 2.36. The van der Waals surface area contributed by atoms with Crippen molar-refractivity contribution in [2.75, 3.05) is 18.1 Å². The molecule has 1 unspecified atom stereocenters. The summed E-state index contributed by atoms with van der Waals surface area (Å²) >= 11 is 0. The third-order valence-corrected chi connectivity index (χ3v) is 5.41. The Bertz CT molecular complexity index is 906. The Balaban J connectivity index is 1.60. The number of carbonyl (C=O) groups is 2. The summed E-state index contributed by atoms with van der Waals surface area (Å²) in [7, 11) is 0. The van der Waals surface area contributed by atoms with Crippen LogP contribution in [0.2, 0.25) is 0 Å². The number of hydrogen-bond donors (Lipinski definition) is 1. The molecule has 2 aliphatic rings. The molecule has 1 atom stereocenters. The molecule has 2 aliphatic heterocycles. The lowest BCUT2D eigenvalue weighted by molar-refractivity contribution is -0.123. The number of nitrogens with zero attached hydrogens (tertiary/aromatic N) is 1. The van der Waals surface area contributed by atoms with Crippen molar-refractivity contribution in [3.8, 4) is 5.75 Å². The molecule has 0 saturated heterocycles. The molecule has 2 heterocycles. The molecular weight excluding hydrogens is 352 g/mol. The predicted octanol–water partition coefficient (Wildman–Crippen LogP) is 3.36. The van der Waals surface area contributed by atoms with Gasteiger partial charge in [0.05, 0.1) is 5.92 Å². The largest absolute Gasteiger partial charge is 0.492 e. The first-order valence-corrected chi connectivity index (χ1v) is 9.99. The minimum Gasteiger partial charge on any atom is -0.492 e. The molecule has 28 heavy (non-hydrogen) atoms. The SMILES string of the molecule is CC(C)NC(=O)c1cccc2c1CCCN2C(=O)C1COc2ccccc2C1. The average Bonchev–Trinajstić information content (AvgIpc) is 2.71. The molecule has 0 fully saturated rings. The summed E-state index contributed by atoms with van der Waals surface area (Å²) in [5.41, 5.74) is 3.59. The monoisotopic (exact) mass is 378 g/mol. The number of ether oxygens (including phenoxy) is 1. The van der Waals surface area contributed by atoms with Gasteiger partial charge in [0.15, 0.2) is 0 Å². The molecule has 4 rings (SSSR count). The summed E-state index contributed by atoms with van der Waals surface area (Å²) in [6.45, 7) is 4.97. The summed E-state index contributed by atoms with van der Waals surface area (Å²) in [6, 6.07) is 13.6. The normalized spacial score (nSPS) is 18.1. The lowest BCUT2D eigenvalue weighted by Crippen LogP contribution is -2.44. The van der Waals surface area contributed by atoms with Gasteiger partial charge in [0.2, 0.25) is 5.91 Å². The van der Waals surface area contributed by atoms with Gasteiger partial charge in [-0.15, -0.1) is 0 Å². The lowest BCUT2D eigenvalue weighted by Gasteiger charge is -2.34. The molecule has 146 valence electrons. The van der Waals surface area contributed by atoms with Crippen LogP contribution in [0.25, 0.3) is 0 Å². The van der Waals surface area contributed by atoms with Crippen molar-refractivity contribution in [3.63, 3.8) is 0 Å². The van der Waals surface area contributed by atoms with Crippen LogP contribution >= 0.6 is 0 Å². The van der Waals surface area contributed by atoms with Crippen molar-refractivity contribution < 1.29 is 14.3 Å². The van der Waals surface area contributed by atoms with Crippen LogP contribution in [0.3, 0.4) is 0 Å². The molecule has 0 radical (unpaired) electrons. The van der Waals surface area contributed by atoms with Gasteiger partial charge in [-0.3, -0.25) is 9.59 Å². The Morgan fingerprint density at radius 2 is 1.96 bits per heavy atom. The van der Waals surface area contributed by atoms with Crippen molar-refractivity contribution in [3.05, 3.63) is 59.2 Å². The van der Waals surface area contributed by atoms with Crippen LogP contribution in [-0.2, 0) is 17.6 Å². The smallest absolute Gasteiger partial charge is 0.251 e. The number of para-hydroxylation sites is 1. The Morgan fingerprint density at radius 3 is 2.79 bits per heavy atom. The minimum atomic E-state index is -0.200. The minimum absolute atomic E-state index is 0.0731. The zero-order valence-corrected chi connectivity index (χ0v) is 16.4. The highest BCUT2D eigenvalue weighted by Crippen LogP contribution is 2.33. The molecule has 0 spiro atoms. The number of rotatable bonds is 3. The first-order chi connectivity index (χ1) is 13.5. The molecule has 0 aliphatic carbocycles. The first kappa shape index (κ1) is 18.5. The van der Waals surface area contributed by atoms with Crippen molar-refractivity contribution in [2.45, 2.75) is 39.2 Å². The number of fused-ring (bicyclic) bond motifs is 2. The second kappa shape index (κ2) is 7.66. The Kier molecular flexibility index (Phi) is 5.07. The zero-order chi connectivity index (χ0) is 19.7. The van der Waals surface area contributed by atoms with Gasteiger partial charge >= 0.3 is 0 Å². The maximum atomic E-state index is 13.3. The molecule has 0 bridgehead atoms. The van der Waals surface area contributed by atoms with Crippen molar-refractivity contribution >= 4 is 17.5 Å². The van der Waals surface area contributed by atoms with Gasteiger partial charge < -0.3 is 15.0 Å². The van der Waals surface area contributed by atoms with E-state index in [2.05, 4.69) is 5.32 Å². The fourth-order valence-electron chi connectivity index (χ4n) is 4.11. The molecule has 0 saturated carbocycles. The van der Waals surface area contributed by atoms with E-state index in [4.69, 9.17) is 4.74 Å². The van der Waals surface area contributed by atoms with Gasteiger partial charge in [-0.25, -0.2) is 0 Å². The summed E-state index contributed by atoms with van der Waals surface area (Å²) in [5.74, 6) is 0.681. The molecule has 2 aromatic rings. The van der Waals surface area contributed by atoms with Crippen molar-refractivity contribution in [2.24, 2.45) is 5.92 Å². The van der Waals surface area contributed by atoms with E-state index in [9.17, 15) is 9.59 Å². The van der Waals surface area contributed by atoms with E-state index in [0.29, 0.717) is 25.1 Å². The summed E-state index contributed by atoms with van der Waals surface area (Å²) in [4.78, 5) is 27.8. The number of anilines is 1. The fraction of sp³-hybridized carbons (Fsp3) is 0.391. The highest BCUT2D eigenvalue weighted by atomic mass is 16.5. The van der Waals surface area contributed by atoms with Gasteiger partial charge in [-0.1, -0.05) is 24.3 Å². The standard InChI is InChI=1S/C23H26N2O3/c1-15(2)24-22(26)19-8-5-10-20-18(19)9-6-12-25(20)23(27)17-13-16-7-3-4-11-21(16)28-14-17/h3-5,7-8,10-11,15,17H,6,9,12-14H2,1-2H3,(H,24,26). The topological polar surface area (TPSA) is 58.6 Å². The highest BCUT2D eigenvalue weighted by molar-refractivity contribution is 6.01. The highest BCUT2D eigenvalue weighted by Gasteiger charge is 2.33. The average molecular weight is 378 g/mol. The lowest BCUT2D eigenvalue weighted by atomic mass is 9.92. The molecule has 5 heteroatoms. The molecule has 2 aromatic carbocycles. The fourth-order valence-corrected chi connectivity index (χ4v) is 4.11. The third-order valence-electron chi connectivity index (χ3n) is 5.41. The van der Waals surface area contributed by atoms with Gasteiger partial charge in [-0.2, -0.15) is 0 Å². The van der Waals surface area contributed by atoms with Gasteiger partial charge in [0, 0.05) is 23.8 Å². The maximum absolute atomic E-state index is 13.3. The van der Waals surface area contributed by atoms with Crippen LogP contribution in [0.4, 0.5) is 5.69 Å². The number of carbonyl (C=O) groups excluding carboxylic acids is 2. The van der Waals surface area contributed by atoms with Crippen LogP contribution in [0.15, 0.2) is 42.5 Å². The third kappa shape index (κ3) is 3.49. The van der Waals surface area contributed by atoms with E-state index >= 15 is 0 Å². The van der Waals surface area contributed by atoms with E-state index in [1.54, 1.807) is 0 Å². The number of benzene rings is 2. The van der Waals surface area contributed by atoms with E-state index in [1.807, 2.05) is 61.2 Å². The molecule has 5 nitrogen and oxygen atoms in total. The second-order valence-electron chi connectivity index (χ2n) is 7.84. The molecule has 2 amide bonds. The van der Waals surface area contributed by atoms with E-state index in [0.717, 1.165) is 35.4 Å². The van der Waals surface area contributed by atoms with Gasteiger partial charge in [-0.05, 0) is 62.4 Å². The number of hydrogen-bond acceptors (Lipinski definition) is 3. The predicted molar refractivity (Wildman–Crippen MR) is 109 cm³/mol. The van der Waals surface area contributed by atoms with Crippen LogP contribution in [0.5, 0.6) is 5.75 Å². The summed E-state index contributed by atoms with van der Waals surface area (Å²) < 4.78 is 5.83. The van der Waals surface area contributed by atoms with E-state index in [-0.39, 0.29) is 23.8 Å². The van der Waals surface area contributed by atoms with Gasteiger partial charge in [0.1, 0.15) is 12.4 Å². The summed E-state index contributed by atoms with van der Waals surface area (Å²) in [5, 5.41) is 2.97. The number of nitrogens with one attached hydrogen (secondary N) is 1. The van der Waals surface area contributed by atoms with Crippen molar-refractivity contribution in [1.29, 1.82) is 0 Å². The molecular formula is C23H26N2O3. The van der Waals surface area contributed by atoms with Crippen LogP contribution in [0.1, 0.15) is 41.8 Å².